The van der Waals surface area contributed by atoms with Crippen LogP contribution in [0.5, 0.6) is 5.75 Å². The van der Waals surface area contributed by atoms with Crippen LogP contribution in [0.25, 0.3) is 22.3 Å². The molecule has 0 unspecified atom stereocenters. The first-order chi connectivity index (χ1) is 21.4. The highest BCUT2D eigenvalue weighted by Crippen LogP contribution is 2.31. The number of nitro benzene ring substituents is 1. The number of aromatic nitrogens is 3. The number of nitrogens with zero attached hydrogens (tertiary/aromatic N) is 6. The van der Waals surface area contributed by atoms with Crippen molar-refractivity contribution in [2.24, 2.45) is 0 Å². The summed E-state index contributed by atoms with van der Waals surface area (Å²) in [4.78, 5) is 30.3. The standard InChI is InChI=1S/C32H37N7O5/c1-21-19-38(20-22(2)44-21)32-35-30-27(31(36-32)37-11-13-43-14-12-37)8-9-28(34-30)24-7-10-29(42-3)25(16-24)18-33-17-23-5-4-6-26(15-23)39(40)41/h4-10,15-16,21-22,33H,11-14,17-20H2,1-3H3/t21-,22+. The normalized spacial score (nSPS) is 18.9. The Kier molecular flexibility index (Phi) is 8.82. The number of fused-ring (bicyclic) bond motifs is 1. The van der Waals surface area contributed by atoms with Crippen LogP contribution in [0, 0.1) is 10.1 Å². The summed E-state index contributed by atoms with van der Waals surface area (Å²) in [6.45, 7) is 9.38. The SMILES string of the molecule is COc1ccc(-c2ccc3c(N4CCOCC4)nc(N4C[C@@H](C)O[C@@H](C)C4)nc3n2)cc1CNCc1cccc([N+](=O)[O-])c1. The summed E-state index contributed by atoms with van der Waals surface area (Å²) in [5.74, 6) is 2.28. The number of non-ortho nitro benzene ring substituents is 1. The van der Waals surface area contributed by atoms with Crippen LogP contribution >= 0.6 is 0 Å². The summed E-state index contributed by atoms with van der Waals surface area (Å²) in [7, 11) is 1.65. The molecule has 1 N–H and O–H groups in total. The van der Waals surface area contributed by atoms with E-state index >= 15 is 0 Å². The maximum absolute atomic E-state index is 11.2. The summed E-state index contributed by atoms with van der Waals surface area (Å²) >= 11 is 0. The average Bonchev–Trinajstić information content (AvgIpc) is 3.04. The minimum atomic E-state index is -0.383. The molecule has 2 fully saturated rings. The molecular weight excluding hydrogens is 562 g/mol. The minimum Gasteiger partial charge on any atom is -0.496 e. The number of rotatable bonds is 9. The number of pyridine rings is 1. The third kappa shape index (κ3) is 6.57. The van der Waals surface area contributed by atoms with Gasteiger partial charge >= 0.3 is 0 Å². The molecule has 230 valence electrons. The van der Waals surface area contributed by atoms with Crippen LogP contribution in [-0.4, -0.2) is 78.6 Å². The van der Waals surface area contributed by atoms with Crippen molar-refractivity contribution in [2.75, 3.05) is 56.3 Å². The number of nitrogens with one attached hydrogen (secondary N) is 1. The van der Waals surface area contributed by atoms with Crippen molar-refractivity contribution in [3.63, 3.8) is 0 Å². The van der Waals surface area contributed by atoms with E-state index in [1.807, 2.05) is 24.3 Å². The third-order valence-corrected chi connectivity index (χ3v) is 7.88. The van der Waals surface area contributed by atoms with E-state index in [4.69, 9.17) is 29.2 Å². The fourth-order valence-corrected chi connectivity index (χ4v) is 5.84. The quantitative estimate of drug-likeness (QED) is 0.218. The lowest BCUT2D eigenvalue weighted by atomic mass is 10.1. The number of methoxy groups -OCH3 is 1. The van der Waals surface area contributed by atoms with Crippen LogP contribution in [0.4, 0.5) is 17.5 Å². The van der Waals surface area contributed by atoms with Crippen molar-refractivity contribution in [1.29, 1.82) is 0 Å². The van der Waals surface area contributed by atoms with Crippen molar-refractivity contribution in [2.45, 2.75) is 39.1 Å². The van der Waals surface area contributed by atoms with Gasteiger partial charge in [0.2, 0.25) is 5.95 Å². The first-order valence-electron chi connectivity index (χ1n) is 14.9. The lowest BCUT2D eigenvalue weighted by Gasteiger charge is -2.36. The average molecular weight is 600 g/mol. The van der Waals surface area contributed by atoms with Gasteiger partial charge in [0.05, 0.1) is 48.5 Å². The lowest BCUT2D eigenvalue weighted by Crippen LogP contribution is -2.46. The molecule has 4 aromatic rings. The fourth-order valence-electron chi connectivity index (χ4n) is 5.84. The highest BCUT2D eigenvalue weighted by Gasteiger charge is 2.27. The molecule has 0 amide bonds. The van der Waals surface area contributed by atoms with E-state index < -0.39 is 0 Å². The van der Waals surface area contributed by atoms with Crippen LogP contribution < -0.4 is 19.9 Å². The Morgan fingerprint density at radius 2 is 1.77 bits per heavy atom. The highest BCUT2D eigenvalue weighted by molar-refractivity contribution is 5.90. The Morgan fingerprint density at radius 3 is 2.52 bits per heavy atom. The van der Waals surface area contributed by atoms with Crippen LogP contribution in [0.2, 0.25) is 0 Å². The van der Waals surface area contributed by atoms with Gasteiger partial charge in [-0.05, 0) is 49.7 Å². The fraction of sp³-hybridized carbons (Fsp3) is 0.406. The number of anilines is 2. The predicted molar refractivity (Wildman–Crippen MR) is 168 cm³/mol. The molecule has 2 aliphatic rings. The zero-order chi connectivity index (χ0) is 30.6. The molecule has 4 heterocycles. The predicted octanol–water partition coefficient (Wildman–Crippen LogP) is 4.35. The number of nitro groups is 1. The molecule has 0 saturated carbocycles. The number of morpholine rings is 2. The summed E-state index contributed by atoms with van der Waals surface area (Å²) in [6, 6.07) is 16.7. The Balaban J connectivity index is 1.31. The van der Waals surface area contributed by atoms with Gasteiger partial charge in [0.1, 0.15) is 11.6 Å². The van der Waals surface area contributed by atoms with Gasteiger partial charge in [-0.15, -0.1) is 0 Å². The highest BCUT2D eigenvalue weighted by atomic mass is 16.6. The molecule has 2 atom stereocenters. The van der Waals surface area contributed by atoms with Gasteiger partial charge in [0.15, 0.2) is 5.65 Å². The third-order valence-electron chi connectivity index (χ3n) is 7.88. The Morgan fingerprint density at radius 1 is 0.977 bits per heavy atom. The maximum atomic E-state index is 11.2. The second-order valence-electron chi connectivity index (χ2n) is 11.2. The van der Waals surface area contributed by atoms with Crippen LogP contribution in [0.15, 0.2) is 54.6 Å². The van der Waals surface area contributed by atoms with Gasteiger partial charge in [-0.1, -0.05) is 12.1 Å². The molecule has 12 heteroatoms. The van der Waals surface area contributed by atoms with Gasteiger partial charge in [-0.2, -0.15) is 9.97 Å². The van der Waals surface area contributed by atoms with E-state index in [2.05, 4.69) is 41.1 Å². The molecule has 44 heavy (non-hydrogen) atoms. The molecule has 2 aromatic carbocycles. The van der Waals surface area contributed by atoms with Gasteiger partial charge in [0, 0.05) is 62.5 Å². The first-order valence-corrected chi connectivity index (χ1v) is 14.9. The molecule has 2 aliphatic heterocycles. The minimum absolute atomic E-state index is 0.0764. The zero-order valence-corrected chi connectivity index (χ0v) is 25.2. The number of ether oxygens (including phenoxy) is 3. The van der Waals surface area contributed by atoms with Gasteiger partial charge in [-0.25, -0.2) is 4.98 Å². The second-order valence-corrected chi connectivity index (χ2v) is 11.2. The number of benzene rings is 2. The van der Waals surface area contributed by atoms with Crippen molar-refractivity contribution in [3.8, 4) is 17.0 Å². The Hall–Kier alpha value is -4.39. The maximum Gasteiger partial charge on any atom is 0.269 e. The van der Waals surface area contributed by atoms with E-state index in [1.165, 1.54) is 6.07 Å². The number of hydrogen-bond donors (Lipinski definition) is 1. The monoisotopic (exact) mass is 599 g/mol. The molecule has 0 spiro atoms. The van der Waals surface area contributed by atoms with Crippen LogP contribution in [0.1, 0.15) is 25.0 Å². The van der Waals surface area contributed by atoms with E-state index in [0.717, 1.165) is 52.4 Å². The van der Waals surface area contributed by atoms with Crippen LogP contribution in [0.3, 0.4) is 0 Å². The van der Waals surface area contributed by atoms with Crippen LogP contribution in [-0.2, 0) is 22.6 Å². The molecule has 0 aliphatic carbocycles. The topological polar surface area (TPSA) is 128 Å². The smallest absolute Gasteiger partial charge is 0.269 e. The Bertz CT molecular complexity index is 1640. The van der Waals surface area contributed by atoms with Crippen molar-refractivity contribution >= 4 is 28.5 Å². The zero-order valence-electron chi connectivity index (χ0n) is 25.2. The summed E-state index contributed by atoms with van der Waals surface area (Å²) in [6.07, 6.45) is 0.153. The van der Waals surface area contributed by atoms with E-state index in [0.29, 0.717) is 51.0 Å². The molecule has 2 aromatic heterocycles. The van der Waals surface area contributed by atoms with Gasteiger partial charge in [0.25, 0.3) is 5.69 Å². The van der Waals surface area contributed by atoms with E-state index in [-0.39, 0.29) is 22.8 Å². The van der Waals surface area contributed by atoms with Crippen molar-refractivity contribution in [1.82, 2.24) is 20.3 Å². The molecule has 12 nitrogen and oxygen atoms in total. The van der Waals surface area contributed by atoms with Gasteiger partial charge in [-0.3, -0.25) is 10.1 Å². The molecule has 2 saturated heterocycles. The summed E-state index contributed by atoms with van der Waals surface area (Å²) < 4.78 is 17.2. The molecule has 0 bridgehead atoms. The Labute approximate surface area is 256 Å². The second kappa shape index (κ2) is 13.1. The van der Waals surface area contributed by atoms with E-state index in [1.54, 1.807) is 19.2 Å². The lowest BCUT2D eigenvalue weighted by molar-refractivity contribution is -0.384. The van der Waals surface area contributed by atoms with Crippen molar-refractivity contribution in [3.05, 3.63) is 75.8 Å². The van der Waals surface area contributed by atoms with E-state index in [9.17, 15) is 10.1 Å². The molecule has 6 rings (SSSR count). The largest absolute Gasteiger partial charge is 0.496 e. The first kappa shape index (κ1) is 29.7. The number of hydrogen-bond acceptors (Lipinski definition) is 11. The summed E-state index contributed by atoms with van der Waals surface area (Å²) in [5, 5.41) is 15.4. The van der Waals surface area contributed by atoms with Crippen molar-refractivity contribution < 1.29 is 19.1 Å². The molecular formula is C32H37N7O5. The summed E-state index contributed by atoms with van der Waals surface area (Å²) in [5.41, 5.74) is 4.23. The molecule has 0 radical (unpaired) electrons. The van der Waals surface area contributed by atoms with Gasteiger partial charge < -0.3 is 29.3 Å².